The first-order valence-corrected chi connectivity index (χ1v) is 7.40. The predicted octanol–water partition coefficient (Wildman–Crippen LogP) is 2.84. The minimum Gasteiger partial charge on any atom is -0.478 e. The zero-order valence-electron chi connectivity index (χ0n) is 12.1. The summed E-state index contributed by atoms with van der Waals surface area (Å²) in [5, 5.41) is 9.52. The fourth-order valence-corrected chi connectivity index (χ4v) is 2.56. The van der Waals surface area contributed by atoms with E-state index in [2.05, 4.69) is 0 Å². The molecule has 2 heterocycles. The lowest BCUT2D eigenvalue weighted by Gasteiger charge is -2.32. The van der Waals surface area contributed by atoms with Crippen molar-refractivity contribution < 1.29 is 23.8 Å². The minimum absolute atomic E-state index is 0.0131. The Balaban J connectivity index is 1.73. The maximum absolute atomic E-state index is 12.4. The molecule has 1 saturated heterocycles. The smallest absolute Gasteiger partial charge is 0.338 e. The normalized spacial score (nSPS) is 18.0. The molecule has 0 spiro atoms. The van der Waals surface area contributed by atoms with Gasteiger partial charge in [-0.25, -0.2) is 4.79 Å². The average molecular weight is 336 g/mol. The molecule has 7 heteroatoms. The molecule has 0 radical (unpaired) electrons. The predicted molar refractivity (Wildman–Crippen MR) is 81.7 cm³/mol. The molecule has 1 fully saturated rings. The van der Waals surface area contributed by atoms with Gasteiger partial charge in [0, 0.05) is 17.6 Å². The van der Waals surface area contributed by atoms with E-state index >= 15 is 0 Å². The summed E-state index contributed by atoms with van der Waals surface area (Å²) in [6, 6.07) is 8.49. The van der Waals surface area contributed by atoms with Crippen LogP contribution in [0.5, 0.6) is 0 Å². The van der Waals surface area contributed by atoms with Gasteiger partial charge >= 0.3 is 5.97 Å². The Bertz CT molecular complexity index is 724. The number of aromatic carboxylic acids is 1. The van der Waals surface area contributed by atoms with Crippen molar-refractivity contribution in [3.8, 4) is 0 Å². The largest absolute Gasteiger partial charge is 0.478 e. The lowest BCUT2D eigenvalue weighted by atomic mass is 10.1. The third-order valence-electron chi connectivity index (χ3n) is 3.65. The van der Waals surface area contributed by atoms with Gasteiger partial charge in [0.05, 0.1) is 18.7 Å². The number of rotatable bonds is 3. The van der Waals surface area contributed by atoms with Crippen molar-refractivity contribution in [1.29, 1.82) is 0 Å². The zero-order chi connectivity index (χ0) is 16.4. The molecule has 1 aliphatic rings. The molecule has 6 nitrogen and oxygen atoms in total. The van der Waals surface area contributed by atoms with Gasteiger partial charge in [-0.1, -0.05) is 23.7 Å². The third kappa shape index (κ3) is 3.38. The molecule has 3 rings (SSSR count). The van der Waals surface area contributed by atoms with Crippen LogP contribution in [0.1, 0.15) is 32.6 Å². The highest BCUT2D eigenvalue weighted by Crippen LogP contribution is 2.25. The summed E-state index contributed by atoms with van der Waals surface area (Å²) < 4.78 is 10.8. The Kier molecular flexibility index (Phi) is 4.36. The van der Waals surface area contributed by atoms with E-state index in [9.17, 15) is 9.59 Å². The van der Waals surface area contributed by atoms with Crippen molar-refractivity contribution in [1.82, 2.24) is 4.90 Å². The molecular formula is C16H14ClNO5. The molecule has 0 bridgehead atoms. The number of morpholine rings is 1. The van der Waals surface area contributed by atoms with Crippen LogP contribution in [0.3, 0.4) is 0 Å². The number of hydrogen-bond donors (Lipinski definition) is 1. The van der Waals surface area contributed by atoms with Gasteiger partial charge < -0.3 is 19.2 Å². The SMILES string of the molecule is O=C(O)c1coc(C(=O)N2CCOC(c3ccc(Cl)cc3)C2)c1. The first-order chi connectivity index (χ1) is 11.0. The maximum Gasteiger partial charge on any atom is 0.338 e. The van der Waals surface area contributed by atoms with Gasteiger partial charge in [0.2, 0.25) is 0 Å². The second-order valence-electron chi connectivity index (χ2n) is 5.17. The zero-order valence-corrected chi connectivity index (χ0v) is 12.8. The minimum atomic E-state index is -1.13. The van der Waals surface area contributed by atoms with Crippen molar-refractivity contribution in [2.75, 3.05) is 19.7 Å². The maximum atomic E-state index is 12.4. The topological polar surface area (TPSA) is 80.0 Å². The number of benzene rings is 1. The highest BCUT2D eigenvalue weighted by molar-refractivity contribution is 6.30. The molecule has 23 heavy (non-hydrogen) atoms. The van der Waals surface area contributed by atoms with Crippen molar-refractivity contribution in [2.24, 2.45) is 0 Å². The highest BCUT2D eigenvalue weighted by Gasteiger charge is 2.28. The van der Waals surface area contributed by atoms with E-state index in [4.69, 9.17) is 25.9 Å². The first-order valence-electron chi connectivity index (χ1n) is 7.03. The van der Waals surface area contributed by atoms with E-state index in [0.29, 0.717) is 24.7 Å². The van der Waals surface area contributed by atoms with Crippen LogP contribution in [0.15, 0.2) is 41.0 Å². The van der Waals surface area contributed by atoms with E-state index in [-0.39, 0.29) is 23.3 Å². The molecule has 0 aliphatic carbocycles. The lowest BCUT2D eigenvalue weighted by molar-refractivity contribution is -0.0237. The fraction of sp³-hybridized carbons (Fsp3) is 0.250. The number of nitrogens with zero attached hydrogens (tertiary/aromatic N) is 1. The van der Waals surface area contributed by atoms with Gasteiger partial charge in [-0.3, -0.25) is 4.79 Å². The number of carboxylic acid groups (broad SMARTS) is 1. The summed E-state index contributed by atoms with van der Waals surface area (Å²) in [5.41, 5.74) is 0.883. The molecule has 120 valence electrons. The van der Waals surface area contributed by atoms with Crippen LogP contribution < -0.4 is 0 Å². The number of carbonyl (C=O) groups excluding carboxylic acids is 1. The quantitative estimate of drug-likeness (QED) is 0.933. The molecule has 1 aromatic carbocycles. The number of carboxylic acids is 1. The van der Waals surface area contributed by atoms with Crippen molar-refractivity contribution in [2.45, 2.75) is 6.10 Å². The van der Waals surface area contributed by atoms with Gasteiger partial charge in [-0.05, 0) is 17.7 Å². The van der Waals surface area contributed by atoms with E-state index in [1.807, 2.05) is 12.1 Å². The van der Waals surface area contributed by atoms with Crippen LogP contribution in [0, 0.1) is 0 Å². The fourth-order valence-electron chi connectivity index (χ4n) is 2.43. The highest BCUT2D eigenvalue weighted by atomic mass is 35.5. The Hall–Kier alpha value is -2.31. The molecule has 1 amide bonds. The summed E-state index contributed by atoms with van der Waals surface area (Å²) in [6.07, 6.45) is 0.811. The Morgan fingerprint density at radius 1 is 1.26 bits per heavy atom. The molecule has 1 unspecified atom stereocenters. The number of furan rings is 1. The summed E-state index contributed by atoms with van der Waals surface area (Å²) >= 11 is 5.87. The van der Waals surface area contributed by atoms with Crippen LogP contribution >= 0.6 is 11.6 Å². The number of amides is 1. The second-order valence-corrected chi connectivity index (χ2v) is 5.60. The number of carbonyl (C=O) groups is 2. The first kappa shape index (κ1) is 15.6. The molecule has 1 aliphatic heterocycles. The summed E-state index contributed by atoms with van der Waals surface area (Å²) in [4.78, 5) is 24.9. The monoisotopic (exact) mass is 335 g/mol. The molecule has 1 atom stereocenters. The number of halogens is 1. The molecule has 1 aromatic heterocycles. The van der Waals surface area contributed by atoms with E-state index in [1.54, 1.807) is 17.0 Å². The second kappa shape index (κ2) is 6.44. The van der Waals surface area contributed by atoms with Crippen molar-refractivity contribution >= 4 is 23.5 Å². The van der Waals surface area contributed by atoms with E-state index in [1.165, 1.54) is 6.07 Å². The van der Waals surface area contributed by atoms with Gasteiger partial charge in [0.25, 0.3) is 5.91 Å². The summed E-state index contributed by atoms with van der Waals surface area (Å²) in [5.74, 6) is -1.47. The summed E-state index contributed by atoms with van der Waals surface area (Å²) in [6.45, 7) is 1.18. The molecule has 2 aromatic rings. The molecular weight excluding hydrogens is 322 g/mol. The third-order valence-corrected chi connectivity index (χ3v) is 3.90. The number of hydrogen-bond acceptors (Lipinski definition) is 4. The van der Waals surface area contributed by atoms with Crippen molar-refractivity contribution in [3.05, 3.63) is 58.5 Å². The number of ether oxygens (including phenoxy) is 1. The van der Waals surface area contributed by atoms with Gasteiger partial charge in [0.1, 0.15) is 12.4 Å². The van der Waals surface area contributed by atoms with E-state index < -0.39 is 5.97 Å². The van der Waals surface area contributed by atoms with Gasteiger partial charge in [0.15, 0.2) is 5.76 Å². The molecule has 1 N–H and O–H groups in total. The van der Waals surface area contributed by atoms with Crippen LogP contribution in [0.4, 0.5) is 0 Å². The summed E-state index contributed by atoms with van der Waals surface area (Å²) in [7, 11) is 0. The van der Waals surface area contributed by atoms with Crippen molar-refractivity contribution in [3.63, 3.8) is 0 Å². The van der Waals surface area contributed by atoms with Crippen LogP contribution in [-0.2, 0) is 4.74 Å². The Morgan fingerprint density at radius 3 is 2.65 bits per heavy atom. The van der Waals surface area contributed by atoms with E-state index in [0.717, 1.165) is 11.8 Å². The van der Waals surface area contributed by atoms with Gasteiger partial charge in [-0.15, -0.1) is 0 Å². The Morgan fingerprint density at radius 2 is 2.00 bits per heavy atom. The average Bonchev–Trinajstić information content (AvgIpc) is 3.05. The van der Waals surface area contributed by atoms with Crippen LogP contribution in [-0.4, -0.2) is 41.6 Å². The van der Waals surface area contributed by atoms with Crippen LogP contribution in [0.25, 0.3) is 0 Å². The van der Waals surface area contributed by atoms with Crippen LogP contribution in [0.2, 0.25) is 5.02 Å². The lowest BCUT2D eigenvalue weighted by Crippen LogP contribution is -2.42. The standard InChI is InChI=1S/C16H14ClNO5/c17-12-3-1-10(2-4-12)14-8-18(5-6-22-14)15(19)13-7-11(9-23-13)16(20)21/h1-4,7,9,14H,5-6,8H2,(H,20,21). The Labute approximate surface area is 137 Å². The van der Waals surface area contributed by atoms with Gasteiger partial charge in [-0.2, -0.15) is 0 Å². The molecule has 0 saturated carbocycles.